The lowest BCUT2D eigenvalue weighted by molar-refractivity contribution is 0.00293. The third-order valence-electron chi connectivity index (χ3n) is 2.72. The normalized spacial score (nSPS) is 23.3. The monoisotopic (exact) mass is 294 g/mol. The van der Waals surface area contributed by atoms with Crippen LogP contribution in [0.2, 0.25) is 15.2 Å². The average Bonchev–Trinajstić information content (AvgIpc) is 2.22. The van der Waals surface area contributed by atoms with E-state index in [4.69, 9.17) is 39.5 Å². The van der Waals surface area contributed by atoms with Gasteiger partial charge < -0.3 is 10.1 Å². The van der Waals surface area contributed by atoms with E-state index in [-0.39, 0.29) is 5.15 Å². The number of nitrogens with zero attached hydrogens (tertiary/aromatic N) is 1. The molecular weight excluding hydrogens is 282 g/mol. The van der Waals surface area contributed by atoms with E-state index in [0.717, 1.165) is 19.4 Å². The van der Waals surface area contributed by atoms with Crippen LogP contribution >= 0.6 is 34.8 Å². The van der Waals surface area contributed by atoms with Crippen LogP contribution in [-0.2, 0) is 4.74 Å². The lowest BCUT2D eigenvalue weighted by Crippen LogP contribution is -2.41. The molecule has 0 atom stereocenters. The highest BCUT2D eigenvalue weighted by Gasteiger charge is 2.30. The number of nitrogens with one attached hydrogen (secondary N) is 1. The molecule has 6 heteroatoms. The van der Waals surface area contributed by atoms with Gasteiger partial charge in [0.15, 0.2) is 0 Å². The first kappa shape index (κ1) is 13.2. The molecule has 2 rings (SSSR count). The molecule has 1 saturated carbocycles. The van der Waals surface area contributed by atoms with Gasteiger partial charge in [0, 0.05) is 12.6 Å². The number of halogens is 3. The van der Waals surface area contributed by atoms with E-state index in [1.165, 1.54) is 0 Å². The number of ether oxygens (including phenoxy) is 1. The maximum Gasteiger partial charge on any atom is 0.150 e. The highest BCUT2D eigenvalue weighted by Crippen LogP contribution is 2.32. The van der Waals surface area contributed by atoms with Gasteiger partial charge in [0.05, 0.1) is 16.1 Å². The smallest absolute Gasteiger partial charge is 0.150 e. The molecule has 0 saturated heterocycles. The van der Waals surface area contributed by atoms with Gasteiger partial charge in [0.2, 0.25) is 0 Å². The van der Waals surface area contributed by atoms with Crippen LogP contribution in [-0.4, -0.2) is 23.7 Å². The van der Waals surface area contributed by atoms with Crippen LogP contribution in [0.1, 0.15) is 19.8 Å². The summed E-state index contributed by atoms with van der Waals surface area (Å²) in [5, 5.41) is 4.35. The fraction of sp³-hybridized carbons (Fsp3) is 0.545. The molecule has 94 valence electrons. The average molecular weight is 296 g/mol. The van der Waals surface area contributed by atoms with Crippen LogP contribution in [0.25, 0.3) is 0 Å². The second-order valence-electron chi connectivity index (χ2n) is 3.98. The van der Waals surface area contributed by atoms with Gasteiger partial charge in [-0.05, 0) is 25.8 Å². The van der Waals surface area contributed by atoms with Gasteiger partial charge in [-0.1, -0.05) is 34.8 Å². The molecule has 3 nitrogen and oxygen atoms in total. The maximum atomic E-state index is 6.02. The van der Waals surface area contributed by atoms with Crippen molar-refractivity contribution in [1.29, 1.82) is 0 Å². The Morgan fingerprint density at radius 1 is 1.35 bits per heavy atom. The van der Waals surface area contributed by atoms with E-state index >= 15 is 0 Å². The van der Waals surface area contributed by atoms with Crippen molar-refractivity contribution in [2.45, 2.75) is 31.9 Å². The summed E-state index contributed by atoms with van der Waals surface area (Å²) in [6.07, 6.45) is 2.28. The number of hydrogen-bond acceptors (Lipinski definition) is 3. The molecule has 1 fully saturated rings. The van der Waals surface area contributed by atoms with Crippen molar-refractivity contribution in [1.82, 2.24) is 4.98 Å². The summed E-state index contributed by atoms with van der Waals surface area (Å²) in [7, 11) is 0. The molecule has 0 bridgehead atoms. The fourth-order valence-corrected chi connectivity index (χ4v) is 2.35. The Hall–Kier alpha value is -0.220. The fourth-order valence-electron chi connectivity index (χ4n) is 1.79. The molecule has 0 unspecified atom stereocenters. The van der Waals surface area contributed by atoms with Crippen molar-refractivity contribution in [2.24, 2.45) is 0 Å². The summed E-state index contributed by atoms with van der Waals surface area (Å²) in [6.45, 7) is 2.75. The minimum atomic E-state index is 0.263. The molecule has 1 N–H and O–H groups in total. The summed E-state index contributed by atoms with van der Waals surface area (Å²) >= 11 is 17.7. The predicted octanol–water partition coefficient (Wildman–Crippen LogP) is 4.02. The van der Waals surface area contributed by atoms with Crippen molar-refractivity contribution in [2.75, 3.05) is 11.9 Å². The van der Waals surface area contributed by atoms with Crippen molar-refractivity contribution < 1.29 is 4.74 Å². The van der Waals surface area contributed by atoms with Crippen LogP contribution in [0.3, 0.4) is 0 Å². The first-order valence-electron chi connectivity index (χ1n) is 5.49. The Kier molecular flexibility index (Phi) is 4.36. The molecule has 0 amide bonds. The molecule has 0 radical (unpaired) electrons. The van der Waals surface area contributed by atoms with E-state index in [1.54, 1.807) is 6.07 Å². The number of pyridine rings is 1. The number of anilines is 1. The van der Waals surface area contributed by atoms with E-state index < -0.39 is 0 Å². The molecule has 1 aliphatic rings. The molecule has 0 aliphatic heterocycles. The highest BCUT2D eigenvalue weighted by atomic mass is 35.5. The number of aromatic nitrogens is 1. The SMILES string of the molecule is CCOC1CC(Nc2nc(Cl)c(Cl)cc2Cl)C1. The molecule has 1 heterocycles. The quantitative estimate of drug-likeness (QED) is 0.852. The van der Waals surface area contributed by atoms with Crippen molar-refractivity contribution in [3.63, 3.8) is 0 Å². The molecule has 0 aromatic carbocycles. The zero-order valence-electron chi connectivity index (χ0n) is 9.34. The van der Waals surface area contributed by atoms with Crippen molar-refractivity contribution in [3.05, 3.63) is 21.3 Å². The third-order valence-corrected chi connectivity index (χ3v) is 3.69. The summed E-state index contributed by atoms with van der Waals surface area (Å²) < 4.78 is 5.48. The Labute approximate surface area is 115 Å². The van der Waals surface area contributed by atoms with Crippen LogP contribution < -0.4 is 5.32 Å². The summed E-state index contributed by atoms with van der Waals surface area (Å²) in [6, 6.07) is 1.94. The zero-order chi connectivity index (χ0) is 12.4. The highest BCUT2D eigenvalue weighted by molar-refractivity contribution is 6.42. The Morgan fingerprint density at radius 2 is 2.06 bits per heavy atom. The van der Waals surface area contributed by atoms with Crippen LogP contribution in [0.5, 0.6) is 0 Å². The summed E-state index contributed by atoms with van der Waals surface area (Å²) in [5.41, 5.74) is 0. The van der Waals surface area contributed by atoms with Gasteiger partial charge in [0.25, 0.3) is 0 Å². The van der Waals surface area contributed by atoms with E-state index in [0.29, 0.717) is 28.0 Å². The Morgan fingerprint density at radius 3 is 2.71 bits per heavy atom. The van der Waals surface area contributed by atoms with Crippen LogP contribution in [0.15, 0.2) is 6.07 Å². The molecule has 1 aromatic rings. The Bertz CT molecular complexity index is 408. The predicted molar refractivity (Wildman–Crippen MR) is 71.3 cm³/mol. The lowest BCUT2D eigenvalue weighted by Gasteiger charge is -2.35. The Balaban J connectivity index is 1.94. The molecular formula is C11H13Cl3N2O. The van der Waals surface area contributed by atoms with Gasteiger partial charge >= 0.3 is 0 Å². The maximum absolute atomic E-state index is 6.02. The number of rotatable bonds is 4. The first-order valence-corrected chi connectivity index (χ1v) is 6.63. The molecule has 1 aromatic heterocycles. The van der Waals surface area contributed by atoms with Gasteiger partial charge in [-0.3, -0.25) is 0 Å². The second-order valence-corrected chi connectivity index (χ2v) is 5.15. The van der Waals surface area contributed by atoms with Gasteiger partial charge in [-0.25, -0.2) is 4.98 Å². The minimum Gasteiger partial charge on any atom is -0.378 e. The van der Waals surface area contributed by atoms with E-state index in [2.05, 4.69) is 10.3 Å². The van der Waals surface area contributed by atoms with E-state index in [9.17, 15) is 0 Å². The minimum absolute atomic E-state index is 0.263. The standard InChI is InChI=1S/C11H13Cl3N2O/c1-2-17-7-3-6(4-7)15-11-9(13)5-8(12)10(14)16-11/h5-7H,2-4H2,1H3,(H,15,16). The largest absolute Gasteiger partial charge is 0.378 e. The van der Waals surface area contributed by atoms with Gasteiger partial charge in [0.1, 0.15) is 11.0 Å². The van der Waals surface area contributed by atoms with Gasteiger partial charge in [-0.2, -0.15) is 0 Å². The van der Waals surface area contributed by atoms with Crippen LogP contribution in [0.4, 0.5) is 5.82 Å². The molecule has 1 aliphatic carbocycles. The van der Waals surface area contributed by atoms with Crippen LogP contribution in [0, 0.1) is 0 Å². The summed E-state index contributed by atoms with van der Waals surface area (Å²) in [5.74, 6) is 0.584. The number of hydrogen-bond donors (Lipinski definition) is 1. The van der Waals surface area contributed by atoms with E-state index in [1.807, 2.05) is 6.92 Å². The molecule has 17 heavy (non-hydrogen) atoms. The van der Waals surface area contributed by atoms with Gasteiger partial charge in [-0.15, -0.1) is 0 Å². The zero-order valence-corrected chi connectivity index (χ0v) is 11.6. The second kappa shape index (κ2) is 5.61. The van der Waals surface area contributed by atoms with Crippen molar-refractivity contribution in [3.8, 4) is 0 Å². The lowest BCUT2D eigenvalue weighted by atomic mass is 9.89. The topological polar surface area (TPSA) is 34.1 Å². The van der Waals surface area contributed by atoms with Crippen molar-refractivity contribution >= 4 is 40.6 Å². The molecule has 0 spiro atoms. The third kappa shape index (κ3) is 3.16. The summed E-state index contributed by atoms with van der Waals surface area (Å²) in [4.78, 5) is 4.11. The first-order chi connectivity index (χ1) is 8.10.